The predicted molar refractivity (Wildman–Crippen MR) is 104 cm³/mol. The van der Waals surface area contributed by atoms with E-state index < -0.39 is 6.10 Å². The van der Waals surface area contributed by atoms with Gasteiger partial charge < -0.3 is 19.3 Å². The summed E-state index contributed by atoms with van der Waals surface area (Å²) in [7, 11) is 3.30. The van der Waals surface area contributed by atoms with Crippen LogP contribution in [0.2, 0.25) is 0 Å². The van der Waals surface area contributed by atoms with E-state index in [1.54, 1.807) is 14.2 Å². The second-order valence-corrected chi connectivity index (χ2v) is 7.30. The molecule has 2 aromatic rings. The zero-order chi connectivity index (χ0) is 18.5. The Morgan fingerprint density at radius 2 is 1.85 bits per heavy atom. The molecule has 0 bridgehead atoms. The molecule has 6 heteroatoms. The number of halogens is 1. The fourth-order valence-corrected chi connectivity index (χ4v) is 3.58. The van der Waals surface area contributed by atoms with E-state index in [1.165, 1.54) is 11.1 Å². The molecule has 0 radical (unpaired) electrons. The van der Waals surface area contributed by atoms with Crippen molar-refractivity contribution in [3.8, 4) is 17.2 Å². The first-order valence-electron chi connectivity index (χ1n) is 8.61. The van der Waals surface area contributed by atoms with Crippen LogP contribution in [0.15, 0.2) is 40.9 Å². The van der Waals surface area contributed by atoms with Crippen molar-refractivity contribution < 1.29 is 19.3 Å². The fraction of sp³-hybridized carbons (Fsp3) is 0.400. The zero-order valence-corrected chi connectivity index (χ0v) is 16.7. The summed E-state index contributed by atoms with van der Waals surface area (Å²) < 4.78 is 17.4. The quantitative estimate of drug-likeness (QED) is 0.743. The van der Waals surface area contributed by atoms with E-state index in [-0.39, 0.29) is 6.61 Å². The number of β-amino-alcohol motifs (C(OH)–C–C–N with tert-alkyl or cyclic N) is 1. The molecule has 26 heavy (non-hydrogen) atoms. The van der Waals surface area contributed by atoms with Crippen LogP contribution in [0, 0.1) is 0 Å². The maximum Gasteiger partial charge on any atom is 0.161 e. The molecule has 0 saturated carbocycles. The molecule has 2 aromatic carbocycles. The highest BCUT2D eigenvalue weighted by atomic mass is 79.9. The molecule has 1 heterocycles. The van der Waals surface area contributed by atoms with Gasteiger partial charge in [-0.25, -0.2) is 0 Å². The van der Waals surface area contributed by atoms with Crippen molar-refractivity contribution in [1.29, 1.82) is 0 Å². The Hall–Kier alpha value is -1.76. The van der Waals surface area contributed by atoms with Crippen LogP contribution < -0.4 is 14.2 Å². The molecule has 0 aliphatic carbocycles. The summed E-state index contributed by atoms with van der Waals surface area (Å²) in [4.78, 5) is 2.24. The Labute approximate surface area is 162 Å². The van der Waals surface area contributed by atoms with Crippen LogP contribution in [0.25, 0.3) is 0 Å². The van der Waals surface area contributed by atoms with Crippen LogP contribution >= 0.6 is 15.9 Å². The maximum atomic E-state index is 10.3. The van der Waals surface area contributed by atoms with Gasteiger partial charge in [0.2, 0.25) is 0 Å². The summed E-state index contributed by atoms with van der Waals surface area (Å²) in [5.41, 5.74) is 2.49. The van der Waals surface area contributed by atoms with Gasteiger partial charge in [-0.15, -0.1) is 0 Å². The SMILES string of the molecule is COc1cc2c(cc1OC)CN(C[C@@H](O)COc1cccc(Br)c1)CC2. The van der Waals surface area contributed by atoms with Gasteiger partial charge in [0.05, 0.1) is 14.2 Å². The van der Waals surface area contributed by atoms with Crippen LogP contribution in [-0.2, 0) is 13.0 Å². The molecule has 0 fully saturated rings. The van der Waals surface area contributed by atoms with E-state index in [1.807, 2.05) is 30.3 Å². The topological polar surface area (TPSA) is 51.2 Å². The lowest BCUT2D eigenvalue weighted by Gasteiger charge is -2.31. The van der Waals surface area contributed by atoms with Gasteiger partial charge in [-0.3, -0.25) is 4.90 Å². The highest BCUT2D eigenvalue weighted by molar-refractivity contribution is 9.10. The lowest BCUT2D eigenvalue weighted by atomic mass is 9.98. The third-order valence-corrected chi connectivity index (χ3v) is 5.00. The Morgan fingerprint density at radius 3 is 2.54 bits per heavy atom. The van der Waals surface area contributed by atoms with Crippen LogP contribution in [0.1, 0.15) is 11.1 Å². The van der Waals surface area contributed by atoms with Crippen molar-refractivity contribution in [3.63, 3.8) is 0 Å². The Morgan fingerprint density at radius 1 is 1.12 bits per heavy atom. The third-order valence-electron chi connectivity index (χ3n) is 4.50. The van der Waals surface area contributed by atoms with Crippen molar-refractivity contribution in [2.24, 2.45) is 0 Å². The lowest BCUT2D eigenvalue weighted by Crippen LogP contribution is -2.38. The second-order valence-electron chi connectivity index (χ2n) is 6.38. The summed E-state index contributed by atoms with van der Waals surface area (Å²) in [5.74, 6) is 2.26. The van der Waals surface area contributed by atoms with Gasteiger partial charge in [-0.2, -0.15) is 0 Å². The minimum Gasteiger partial charge on any atom is -0.493 e. The van der Waals surface area contributed by atoms with Crippen molar-refractivity contribution in [2.75, 3.05) is 33.9 Å². The number of hydrogen-bond donors (Lipinski definition) is 1. The van der Waals surface area contributed by atoms with Gasteiger partial charge in [-0.1, -0.05) is 22.0 Å². The van der Waals surface area contributed by atoms with Crippen LogP contribution in [0.3, 0.4) is 0 Å². The van der Waals surface area contributed by atoms with Crippen LogP contribution in [0.4, 0.5) is 0 Å². The number of hydrogen-bond acceptors (Lipinski definition) is 5. The molecule has 0 unspecified atom stereocenters. The molecule has 0 amide bonds. The maximum absolute atomic E-state index is 10.3. The Balaban J connectivity index is 1.56. The number of rotatable bonds is 7. The number of ether oxygens (including phenoxy) is 3. The Kier molecular flexibility index (Phi) is 6.40. The predicted octanol–water partition coefficient (Wildman–Crippen LogP) is 3.26. The fourth-order valence-electron chi connectivity index (χ4n) is 3.20. The molecule has 5 nitrogen and oxygen atoms in total. The van der Waals surface area contributed by atoms with E-state index in [0.29, 0.717) is 6.54 Å². The van der Waals surface area contributed by atoms with E-state index in [4.69, 9.17) is 14.2 Å². The van der Waals surface area contributed by atoms with Crippen LogP contribution in [-0.4, -0.2) is 50.0 Å². The average molecular weight is 422 g/mol. The highest BCUT2D eigenvalue weighted by Gasteiger charge is 2.21. The van der Waals surface area contributed by atoms with Gasteiger partial charge in [-0.05, 0) is 47.9 Å². The third kappa shape index (κ3) is 4.69. The zero-order valence-electron chi connectivity index (χ0n) is 15.1. The normalized spacial score (nSPS) is 15.2. The second kappa shape index (κ2) is 8.75. The number of aliphatic hydroxyl groups is 1. The molecule has 140 valence electrons. The summed E-state index contributed by atoms with van der Waals surface area (Å²) in [6.07, 6.45) is 0.380. The molecule has 0 saturated heterocycles. The Bertz CT molecular complexity index is 753. The van der Waals surface area contributed by atoms with Gasteiger partial charge in [0.15, 0.2) is 11.5 Å². The number of methoxy groups -OCH3 is 2. The van der Waals surface area contributed by atoms with Gasteiger partial charge in [0.1, 0.15) is 18.5 Å². The summed E-state index contributed by atoms with van der Waals surface area (Å²) >= 11 is 3.42. The van der Waals surface area contributed by atoms with Crippen molar-refractivity contribution in [3.05, 3.63) is 52.0 Å². The molecule has 3 rings (SSSR count). The summed E-state index contributed by atoms with van der Waals surface area (Å²) in [6.45, 7) is 2.52. The monoisotopic (exact) mass is 421 g/mol. The van der Waals surface area contributed by atoms with Gasteiger partial charge in [0, 0.05) is 24.1 Å². The van der Waals surface area contributed by atoms with Crippen molar-refractivity contribution >= 4 is 15.9 Å². The molecule has 1 aliphatic rings. The number of benzene rings is 2. The minimum absolute atomic E-state index is 0.270. The largest absolute Gasteiger partial charge is 0.493 e. The standard InChI is InChI=1S/C20H24BrNO4/c1-24-19-8-14-6-7-22(11-15(14)9-20(19)25-2)12-17(23)13-26-18-5-3-4-16(21)10-18/h3-5,8-10,17,23H,6-7,11-13H2,1-2H3/t17-/m1/s1. The molecular weight excluding hydrogens is 398 g/mol. The molecular formula is C20H24BrNO4. The van der Waals surface area contributed by atoms with Crippen molar-refractivity contribution in [1.82, 2.24) is 4.90 Å². The molecule has 0 spiro atoms. The van der Waals surface area contributed by atoms with E-state index in [0.717, 1.165) is 41.2 Å². The number of aliphatic hydroxyl groups excluding tert-OH is 1. The van der Waals surface area contributed by atoms with E-state index >= 15 is 0 Å². The van der Waals surface area contributed by atoms with Crippen molar-refractivity contribution in [2.45, 2.75) is 19.1 Å². The first-order chi connectivity index (χ1) is 12.6. The van der Waals surface area contributed by atoms with Gasteiger partial charge >= 0.3 is 0 Å². The van der Waals surface area contributed by atoms with E-state index in [9.17, 15) is 5.11 Å². The molecule has 1 N–H and O–H groups in total. The van der Waals surface area contributed by atoms with Crippen LogP contribution in [0.5, 0.6) is 17.2 Å². The van der Waals surface area contributed by atoms with E-state index in [2.05, 4.69) is 26.9 Å². The number of nitrogens with zero attached hydrogens (tertiary/aromatic N) is 1. The molecule has 1 atom stereocenters. The average Bonchev–Trinajstić information content (AvgIpc) is 2.65. The lowest BCUT2D eigenvalue weighted by molar-refractivity contribution is 0.0637. The molecule has 0 aromatic heterocycles. The highest BCUT2D eigenvalue weighted by Crippen LogP contribution is 2.33. The van der Waals surface area contributed by atoms with Gasteiger partial charge in [0.25, 0.3) is 0 Å². The summed E-state index contributed by atoms with van der Waals surface area (Å²) in [6, 6.07) is 11.7. The summed E-state index contributed by atoms with van der Waals surface area (Å²) in [5, 5.41) is 10.3. The minimum atomic E-state index is -0.546. The smallest absolute Gasteiger partial charge is 0.161 e. The first kappa shape index (κ1) is 19.0. The number of fused-ring (bicyclic) bond motifs is 1. The molecule has 1 aliphatic heterocycles. The first-order valence-corrected chi connectivity index (χ1v) is 9.41.